The molecule has 57 heavy (non-hydrogen) atoms. The zero-order chi connectivity index (χ0) is 42.2. The first-order valence-electron chi connectivity index (χ1n) is 20.2. The van der Waals surface area contributed by atoms with E-state index in [0.29, 0.717) is 19.5 Å². The van der Waals surface area contributed by atoms with Gasteiger partial charge in [-0.3, -0.25) is 24.1 Å². The van der Waals surface area contributed by atoms with Crippen LogP contribution >= 0.6 is 0 Å². The molecule has 4 amide bonds. The van der Waals surface area contributed by atoms with Gasteiger partial charge in [0.05, 0.1) is 56.3 Å². The van der Waals surface area contributed by atoms with Crippen molar-refractivity contribution in [2.75, 3.05) is 48.5 Å². The Balaban J connectivity index is 1.70. The Hall–Kier alpha value is -4.33. The van der Waals surface area contributed by atoms with Crippen molar-refractivity contribution in [3.63, 3.8) is 0 Å². The standard InChI is InChI=1S/C44H67N5O8/c1-11-30(4)40(48(7)38(51)27-45-43(53)39(29(2)3)47(6)28-33-21-16-13-17-22-33)36(55-8)26-37(50)49-24-18-23-35(49)41(56-9)31(5)42(52)46-34(44(54)57-10)25-32-19-14-12-15-20-32/h12-17,19-22,29-31,34-36,39-41H,11,18,23-28H2,1-10H3,(H,45,53)(H,46,52)/t30?,31?,34?,35?,36-,39?,40?,41?/m1/s1. The lowest BCUT2D eigenvalue weighted by Gasteiger charge is -2.39. The number of ether oxygens (including phenoxy) is 3. The summed E-state index contributed by atoms with van der Waals surface area (Å²) in [5.41, 5.74) is 1.96. The van der Waals surface area contributed by atoms with E-state index in [9.17, 15) is 24.0 Å². The molecular formula is C44H67N5O8. The molecule has 0 aromatic heterocycles. The van der Waals surface area contributed by atoms with Crippen molar-refractivity contribution in [3.05, 3.63) is 71.8 Å². The molecule has 2 aromatic rings. The van der Waals surface area contributed by atoms with Gasteiger partial charge < -0.3 is 34.6 Å². The van der Waals surface area contributed by atoms with Crippen molar-refractivity contribution < 1.29 is 38.2 Å². The number of carbonyl (C=O) groups is 5. The molecule has 0 bridgehead atoms. The van der Waals surface area contributed by atoms with Crippen molar-refractivity contribution in [1.82, 2.24) is 25.3 Å². The maximum atomic E-state index is 14.2. The van der Waals surface area contributed by atoms with Crippen LogP contribution in [0.15, 0.2) is 60.7 Å². The first-order valence-corrected chi connectivity index (χ1v) is 20.2. The molecule has 0 saturated carbocycles. The summed E-state index contributed by atoms with van der Waals surface area (Å²) in [6.45, 7) is 10.6. The lowest BCUT2D eigenvalue weighted by Crippen LogP contribution is -2.55. The number of amides is 4. The predicted molar refractivity (Wildman–Crippen MR) is 220 cm³/mol. The van der Waals surface area contributed by atoms with Gasteiger partial charge in [-0.25, -0.2) is 4.79 Å². The van der Waals surface area contributed by atoms with Gasteiger partial charge in [-0.15, -0.1) is 0 Å². The van der Waals surface area contributed by atoms with Crippen LogP contribution in [0.4, 0.5) is 0 Å². The molecule has 13 nitrogen and oxygen atoms in total. The van der Waals surface area contributed by atoms with Gasteiger partial charge in [-0.2, -0.15) is 0 Å². The second-order valence-electron chi connectivity index (χ2n) is 15.7. The summed E-state index contributed by atoms with van der Waals surface area (Å²) in [5, 5.41) is 5.74. The summed E-state index contributed by atoms with van der Waals surface area (Å²) in [6.07, 6.45) is 1.07. The molecule has 0 spiro atoms. The van der Waals surface area contributed by atoms with Gasteiger partial charge in [0.15, 0.2) is 0 Å². The molecule has 2 aromatic carbocycles. The van der Waals surface area contributed by atoms with Crippen LogP contribution in [0.3, 0.4) is 0 Å². The molecule has 1 saturated heterocycles. The summed E-state index contributed by atoms with van der Waals surface area (Å²) in [6, 6.07) is 17.1. The maximum Gasteiger partial charge on any atom is 0.328 e. The smallest absolute Gasteiger partial charge is 0.328 e. The van der Waals surface area contributed by atoms with Gasteiger partial charge in [-0.05, 0) is 42.9 Å². The average molecular weight is 794 g/mol. The van der Waals surface area contributed by atoms with E-state index in [1.807, 2.05) is 100 Å². The number of hydrogen-bond acceptors (Lipinski definition) is 9. The van der Waals surface area contributed by atoms with Gasteiger partial charge in [-0.1, -0.05) is 102 Å². The van der Waals surface area contributed by atoms with E-state index in [4.69, 9.17) is 14.2 Å². The Bertz CT molecular complexity index is 1580. The van der Waals surface area contributed by atoms with Crippen LogP contribution in [0.2, 0.25) is 0 Å². The molecule has 3 rings (SSSR count). The summed E-state index contributed by atoms with van der Waals surface area (Å²) < 4.78 is 16.9. The first kappa shape index (κ1) is 47.0. The van der Waals surface area contributed by atoms with Gasteiger partial charge >= 0.3 is 5.97 Å². The summed E-state index contributed by atoms with van der Waals surface area (Å²) >= 11 is 0. The van der Waals surface area contributed by atoms with Crippen LogP contribution in [0.1, 0.15) is 71.4 Å². The number of hydrogen-bond donors (Lipinski definition) is 2. The maximum absolute atomic E-state index is 14.2. The molecule has 316 valence electrons. The van der Waals surface area contributed by atoms with Crippen LogP contribution in [0.5, 0.6) is 0 Å². The van der Waals surface area contributed by atoms with Crippen molar-refractivity contribution in [2.45, 2.75) is 110 Å². The van der Waals surface area contributed by atoms with E-state index in [0.717, 1.165) is 24.0 Å². The second kappa shape index (κ2) is 23.2. The van der Waals surface area contributed by atoms with Crippen LogP contribution in [0.25, 0.3) is 0 Å². The Labute approximate surface area is 340 Å². The van der Waals surface area contributed by atoms with Gasteiger partial charge in [0, 0.05) is 40.8 Å². The Morgan fingerprint density at radius 3 is 2.02 bits per heavy atom. The third kappa shape index (κ3) is 13.1. The topological polar surface area (TPSA) is 147 Å². The quantitative estimate of drug-likeness (QED) is 0.169. The number of esters is 1. The molecule has 7 unspecified atom stereocenters. The van der Waals surface area contributed by atoms with Crippen molar-refractivity contribution >= 4 is 29.6 Å². The van der Waals surface area contributed by atoms with Crippen molar-refractivity contribution in [2.24, 2.45) is 17.8 Å². The van der Waals surface area contributed by atoms with E-state index in [2.05, 4.69) is 10.6 Å². The largest absolute Gasteiger partial charge is 0.467 e. The number of likely N-dealkylation sites (N-methyl/N-ethyl adjacent to an activating group) is 2. The van der Waals surface area contributed by atoms with E-state index in [-0.39, 0.29) is 54.9 Å². The van der Waals surface area contributed by atoms with E-state index in [1.54, 1.807) is 30.9 Å². The number of rotatable bonds is 22. The van der Waals surface area contributed by atoms with Crippen molar-refractivity contribution in [3.8, 4) is 0 Å². The number of benzene rings is 2. The SMILES string of the molecule is CCC(C)C([C@@H](CC(=O)N1CCCC1C(OC)C(C)C(=O)NC(Cc1ccccc1)C(=O)OC)OC)N(C)C(=O)CNC(=O)C(C(C)C)N(C)Cc1ccccc1. The van der Waals surface area contributed by atoms with Crippen LogP contribution in [-0.4, -0.2) is 129 Å². The fourth-order valence-corrected chi connectivity index (χ4v) is 8.19. The number of nitrogens with one attached hydrogen (secondary N) is 2. The van der Waals surface area contributed by atoms with Crippen LogP contribution in [-0.2, 0) is 51.1 Å². The minimum Gasteiger partial charge on any atom is -0.467 e. The molecule has 8 atom stereocenters. The van der Waals surface area contributed by atoms with E-state index >= 15 is 0 Å². The third-order valence-electron chi connectivity index (χ3n) is 11.5. The lowest BCUT2D eigenvalue weighted by molar-refractivity contribution is -0.148. The van der Waals surface area contributed by atoms with Gasteiger partial charge in [0.1, 0.15) is 6.04 Å². The summed E-state index contributed by atoms with van der Waals surface area (Å²) in [4.78, 5) is 73.1. The normalized spacial score (nSPS) is 17.9. The summed E-state index contributed by atoms with van der Waals surface area (Å²) in [7, 11) is 7.96. The van der Waals surface area contributed by atoms with E-state index in [1.165, 1.54) is 14.2 Å². The summed E-state index contributed by atoms with van der Waals surface area (Å²) in [5.74, 6) is -2.34. The fraction of sp³-hybridized carbons (Fsp3) is 0.614. The Morgan fingerprint density at radius 2 is 1.47 bits per heavy atom. The number of methoxy groups -OCH3 is 3. The van der Waals surface area contributed by atoms with Crippen LogP contribution < -0.4 is 10.6 Å². The van der Waals surface area contributed by atoms with Gasteiger partial charge in [0.2, 0.25) is 23.6 Å². The fourth-order valence-electron chi connectivity index (χ4n) is 8.19. The predicted octanol–water partition coefficient (Wildman–Crippen LogP) is 4.08. The Morgan fingerprint density at radius 1 is 0.860 bits per heavy atom. The van der Waals surface area contributed by atoms with Crippen LogP contribution in [0, 0.1) is 17.8 Å². The third-order valence-corrected chi connectivity index (χ3v) is 11.5. The highest BCUT2D eigenvalue weighted by molar-refractivity contribution is 5.88. The van der Waals surface area contributed by atoms with Crippen molar-refractivity contribution in [1.29, 1.82) is 0 Å². The lowest BCUT2D eigenvalue weighted by atomic mass is 9.90. The Kier molecular flexibility index (Phi) is 19.1. The minimum atomic E-state index is -0.892. The molecule has 1 aliphatic rings. The highest BCUT2D eigenvalue weighted by Crippen LogP contribution is 2.29. The number of nitrogens with zero attached hydrogens (tertiary/aromatic N) is 3. The number of carbonyl (C=O) groups excluding carboxylic acids is 5. The molecule has 1 aliphatic heterocycles. The number of likely N-dealkylation sites (tertiary alicyclic amines) is 1. The van der Waals surface area contributed by atoms with E-state index < -0.39 is 48.3 Å². The molecular weight excluding hydrogens is 727 g/mol. The molecule has 13 heteroatoms. The molecule has 0 aliphatic carbocycles. The molecule has 1 heterocycles. The molecule has 0 radical (unpaired) electrons. The second-order valence-corrected chi connectivity index (χ2v) is 15.7. The average Bonchev–Trinajstić information content (AvgIpc) is 3.69. The molecule has 1 fully saturated rings. The highest BCUT2D eigenvalue weighted by Gasteiger charge is 2.42. The van der Waals surface area contributed by atoms with Gasteiger partial charge in [0.25, 0.3) is 0 Å². The first-order chi connectivity index (χ1) is 27.2. The minimum absolute atomic E-state index is 0.00388. The zero-order valence-corrected chi connectivity index (χ0v) is 35.7. The molecule has 2 N–H and O–H groups in total. The zero-order valence-electron chi connectivity index (χ0n) is 35.7. The highest BCUT2D eigenvalue weighted by atomic mass is 16.5. The monoisotopic (exact) mass is 793 g/mol.